The van der Waals surface area contributed by atoms with Gasteiger partial charge in [-0.05, 0) is 39.8 Å². The number of nitrogens with one attached hydrogen (secondary N) is 1. The lowest BCUT2D eigenvalue weighted by Gasteiger charge is -2.16. The fourth-order valence-corrected chi connectivity index (χ4v) is 3.97. The van der Waals surface area contributed by atoms with Gasteiger partial charge in [0.1, 0.15) is 0 Å². The van der Waals surface area contributed by atoms with Gasteiger partial charge < -0.3 is 5.32 Å². The second-order valence-electron chi connectivity index (χ2n) is 6.27. The van der Waals surface area contributed by atoms with Gasteiger partial charge >= 0.3 is 0 Å². The first-order valence-corrected chi connectivity index (χ1v) is 8.64. The highest BCUT2D eigenvalue weighted by Gasteiger charge is 2.28. The lowest BCUT2D eigenvalue weighted by molar-refractivity contribution is 0.317. The van der Waals surface area contributed by atoms with Gasteiger partial charge in [-0.3, -0.25) is 4.90 Å². The SMILES string of the molecule is Clc1ccc(Cl)c(CN2CC3=c4ccccc4=CNC[C@H]3C2)c1. The summed E-state index contributed by atoms with van der Waals surface area (Å²) in [5, 5.41) is 7.65. The van der Waals surface area contributed by atoms with Crippen molar-refractivity contribution in [3.63, 3.8) is 0 Å². The molecule has 2 heterocycles. The number of nitrogens with zero attached hydrogens (tertiary/aromatic N) is 1. The standard InChI is InChI=1S/C19H18Cl2N2/c20-16-5-6-19(21)14(7-16)10-23-11-15-9-22-8-13-3-1-2-4-17(13)18(15)12-23/h1-8,15,22H,9-12H2/t15-/m0/s1. The summed E-state index contributed by atoms with van der Waals surface area (Å²) in [4.78, 5) is 2.46. The maximum absolute atomic E-state index is 6.33. The summed E-state index contributed by atoms with van der Waals surface area (Å²) >= 11 is 12.4. The van der Waals surface area contributed by atoms with Gasteiger partial charge in [0.25, 0.3) is 0 Å². The number of benzene rings is 2. The number of rotatable bonds is 2. The molecule has 2 aromatic rings. The van der Waals surface area contributed by atoms with Gasteiger partial charge in [0.2, 0.25) is 0 Å². The van der Waals surface area contributed by atoms with E-state index in [9.17, 15) is 0 Å². The lowest BCUT2D eigenvalue weighted by Crippen LogP contribution is -2.28. The van der Waals surface area contributed by atoms with Crippen molar-refractivity contribution in [3.05, 3.63) is 68.5 Å². The molecule has 2 aliphatic heterocycles. The Hall–Kier alpha value is -1.48. The Morgan fingerprint density at radius 2 is 2.00 bits per heavy atom. The highest BCUT2D eigenvalue weighted by Crippen LogP contribution is 2.27. The highest BCUT2D eigenvalue weighted by molar-refractivity contribution is 6.33. The summed E-state index contributed by atoms with van der Waals surface area (Å²) in [7, 11) is 0. The van der Waals surface area contributed by atoms with Gasteiger partial charge in [0, 0.05) is 48.3 Å². The molecule has 4 heteroatoms. The number of hydrogen-bond acceptors (Lipinski definition) is 2. The highest BCUT2D eigenvalue weighted by atomic mass is 35.5. The third kappa shape index (κ3) is 2.99. The molecule has 0 spiro atoms. The van der Waals surface area contributed by atoms with E-state index in [4.69, 9.17) is 23.2 Å². The quantitative estimate of drug-likeness (QED) is 0.900. The molecule has 2 nitrogen and oxygen atoms in total. The van der Waals surface area contributed by atoms with Crippen molar-refractivity contribution >= 4 is 35.0 Å². The van der Waals surface area contributed by atoms with E-state index in [0.717, 1.165) is 41.8 Å². The van der Waals surface area contributed by atoms with Gasteiger partial charge in [-0.15, -0.1) is 0 Å². The molecule has 0 saturated carbocycles. The second kappa shape index (κ2) is 6.20. The Balaban J connectivity index is 1.67. The first kappa shape index (κ1) is 15.1. The minimum atomic E-state index is 0.549. The van der Waals surface area contributed by atoms with E-state index in [-0.39, 0.29) is 0 Å². The average molecular weight is 345 g/mol. The largest absolute Gasteiger partial charge is 0.390 e. The molecule has 4 rings (SSSR count). The van der Waals surface area contributed by atoms with E-state index < -0.39 is 0 Å². The molecule has 23 heavy (non-hydrogen) atoms. The fraction of sp³-hybridized carbons (Fsp3) is 0.263. The minimum absolute atomic E-state index is 0.549. The molecular weight excluding hydrogens is 327 g/mol. The molecule has 0 aliphatic carbocycles. The Labute approximate surface area is 146 Å². The third-order valence-electron chi connectivity index (χ3n) is 4.70. The van der Waals surface area contributed by atoms with Crippen LogP contribution in [-0.4, -0.2) is 24.5 Å². The van der Waals surface area contributed by atoms with Crippen molar-refractivity contribution in [1.82, 2.24) is 10.2 Å². The van der Waals surface area contributed by atoms with E-state index in [0.29, 0.717) is 5.92 Å². The molecule has 2 aromatic carbocycles. The Kier molecular flexibility index (Phi) is 4.06. The summed E-state index contributed by atoms with van der Waals surface area (Å²) in [5.74, 6) is 0.549. The van der Waals surface area contributed by atoms with Crippen molar-refractivity contribution in [2.24, 2.45) is 5.92 Å². The summed E-state index contributed by atoms with van der Waals surface area (Å²) in [5.41, 5.74) is 2.63. The van der Waals surface area contributed by atoms with Gasteiger partial charge in [0.05, 0.1) is 0 Å². The molecule has 1 saturated heterocycles. The Morgan fingerprint density at radius 1 is 1.13 bits per heavy atom. The van der Waals surface area contributed by atoms with Crippen molar-refractivity contribution in [2.75, 3.05) is 19.6 Å². The molecule has 0 aromatic heterocycles. The molecule has 1 N–H and O–H groups in total. The van der Waals surface area contributed by atoms with Crippen molar-refractivity contribution < 1.29 is 0 Å². The Morgan fingerprint density at radius 3 is 2.91 bits per heavy atom. The van der Waals surface area contributed by atoms with Crippen molar-refractivity contribution in [1.29, 1.82) is 0 Å². The molecule has 1 fully saturated rings. The number of likely N-dealkylation sites (tertiary alicyclic amines) is 1. The van der Waals surface area contributed by atoms with Crippen LogP contribution in [0.1, 0.15) is 5.56 Å². The van der Waals surface area contributed by atoms with E-state index in [1.54, 1.807) is 0 Å². The van der Waals surface area contributed by atoms with Crippen LogP contribution < -0.4 is 15.8 Å². The zero-order valence-electron chi connectivity index (χ0n) is 12.7. The maximum atomic E-state index is 6.33. The molecule has 0 radical (unpaired) electrons. The molecular formula is C19H18Cl2N2. The summed E-state index contributed by atoms with van der Waals surface area (Å²) in [6.45, 7) is 3.86. The van der Waals surface area contributed by atoms with Crippen LogP contribution in [0.25, 0.3) is 11.8 Å². The average Bonchev–Trinajstić information content (AvgIpc) is 2.86. The maximum Gasteiger partial charge on any atom is 0.0452 e. The molecule has 0 bridgehead atoms. The van der Waals surface area contributed by atoms with Crippen molar-refractivity contribution in [2.45, 2.75) is 6.54 Å². The zero-order chi connectivity index (χ0) is 15.8. The van der Waals surface area contributed by atoms with Crippen LogP contribution in [0.4, 0.5) is 0 Å². The molecule has 1 atom stereocenters. The normalized spacial score (nSPS) is 20.3. The zero-order valence-corrected chi connectivity index (χ0v) is 14.2. The second-order valence-corrected chi connectivity index (χ2v) is 7.11. The summed E-state index contributed by atoms with van der Waals surface area (Å²) < 4.78 is 0. The molecule has 118 valence electrons. The van der Waals surface area contributed by atoms with Gasteiger partial charge in [-0.1, -0.05) is 47.5 Å². The molecule has 0 amide bonds. The molecule has 2 aliphatic rings. The first-order chi connectivity index (χ1) is 11.2. The van der Waals surface area contributed by atoms with Crippen LogP contribution in [-0.2, 0) is 6.54 Å². The van der Waals surface area contributed by atoms with Crippen LogP contribution in [0.2, 0.25) is 10.0 Å². The summed E-state index contributed by atoms with van der Waals surface area (Å²) in [6, 6.07) is 14.3. The van der Waals surface area contributed by atoms with Crippen LogP contribution in [0.3, 0.4) is 0 Å². The van der Waals surface area contributed by atoms with Gasteiger partial charge in [-0.25, -0.2) is 0 Å². The predicted octanol–water partition coefficient (Wildman–Crippen LogP) is 2.62. The number of fused-ring (bicyclic) bond motifs is 2. The lowest BCUT2D eigenvalue weighted by atomic mass is 10.0. The van der Waals surface area contributed by atoms with E-state index in [1.807, 2.05) is 18.2 Å². The molecule has 0 unspecified atom stereocenters. The van der Waals surface area contributed by atoms with Crippen LogP contribution in [0.5, 0.6) is 0 Å². The van der Waals surface area contributed by atoms with Gasteiger partial charge in [-0.2, -0.15) is 0 Å². The van der Waals surface area contributed by atoms with E-state index >= 15 is 0 Å². The fourth-order valence-electron chi connectivity index (χ4n) is 3.60. The summed E-state index contributed by atoms with van der Waals surface area (Å²) in [6.07, 6.45) is 2.14. The van der Waals surface area contributed by atoms with E-state index in [1.165, 1.54) is 16.0 Å². The van der Waals surface area contributed by atoms with Gasteiger partial charge in [0.15, 0.2) is 0 Å². The van der Waals surface area contributed by atoms with Crippen LogP contribution >= 0.6 is 23.2 Å². The van der Waals surface area contributed by atoms with Crippen molar-refractivity contribution in [3.8, 4) is 0 Å². The minimum Gasteiger partial charge on any atom is -0.390 e. The number of halogens is 2. The number of hydrogen-bond donors (Lipinski definition) is 1. The third-order valence-corrected chi connectivity index (χ3v) is 5.30. The Bertz CT molecular complexity index is 860. The topological polar surface area (TPSA) is 15.3 Å². The predicted molar refractivity (Wildman–Crippen MR) is 96.8 cm³/mol. The van der Waals surface area contributed by atoms with Crippen LogP contribution in [0, 0.1) is 5.92 Å². The first-order valence-electron chi connectivity index (χ1n) is 7.89. The monoisotopic (exact) mass is 344 g/mol. The smallest absolute Gasteiger partial charge is 0.0452 e. The van der Waals surface area contributed by atoms with Crippen LogP contribution in [0.15, 0.2) is 42.5 Å². The van der Waals surface area contributed by atoms with E-state index in [2.05, 4.69) is 40.7 Å².